The average molecular weight is 290 g/mol. The molecule has 110 valence electrons. The molecule has 0 radical (unpaired) electrons. The number of fused-ring (bicyclic) bond motifs is 5. The first-order valence-electron chi connectivity index (χ1n) is 8.02. The van der Waals surface area contributed by atoms with E-state index in [0.717, 1.165) is 25.2 Å². The van der Waals surface area contributed by atoms with Crippen molar-refractivity contribution in [3.8, 4) is 0 Å². The van der Waals surface area contributed by atoms with E-state index in [0.29, 0.717) is 5.92 Å². The van der Waals surface area contributed by atoms with E-state index in [1.54, 1.807) is 0 Å². The summed E-state index contributed by atoms with van der Waals surface area (Å²) in [5.41, 5.74) is 3.05. The summed E-state index contributed by atoms with van der Waals surface area (Å²) < 4.78 is 0. The molecule has 1 amide bonds. The van der Waals surface area contributed by atoms with E-state index in [-0.39, 0.29) is 11.9 Å². The highest BCUT2D eigenvalue weighted by atomic mass is 16.2. The maximum atomic E-state index is 13.1. The molecule has 22 heavy (non-hydrogen) atoms. The van der Waals surface area contributed by atoms with Gasteiger partial charge >= 0.3 is 0 Å². The number of benzene rings is 2. The third kappa shape index (κ3) is 1.33. The van der Waals surface area contributed by atoms with E-state index in [9.17, 15) is 4.79 Å². The number of piperidine rings is 1. The maximum Gasteiger partial charge on any atom is 0.237 e. The molecule has 3 aliphatic rings. The second-order valence-electron chi connectivity index (χ2n) is 6.66. The van der Waals surface area contributed by atoms with Crippen LogP contribution in [-0.4, -0.2) is 23.9 Å². The number of hydrogen-bond donors (Lipinski definition) is 1. The van der Waals surface area contributed by atoms with Crippen molar-refractivity contribution in [3.05, 3.63) is 65.7 Å². The molecule has 2 aromatic carbocycles. The van der Waals surface area contributed by atoms with E-state index < -0.39 is 5.41 Å². The zero-order valence-electron chi connectivity index (χ0n) is 12.3. The molecule has 2 bridgehead atoms. The van der Waals surface area contributed by atoms with Gasteiger partial charge in [0.05, 0.1) is 6.04 Å². The molecule has 4 atom stereocenters. The monoisotopic (exact) mass is 290 g/mol. The van der Waals surface area contributed by atoms with Crippen LogP contribution in [0.3, 0.4) is 0 Å². The lowest BCUT2D eigenvalue weighted by Crippen LogP contribution is -2.47. The van der Waals surface area contributed by atoms with E-state index in [1.165, 1.54) is 11.1 Å². The molecule has 2 aromatic rings. The highest BCUT2D eigenvalue weighted by Gasteiger charge is 2.65. The molecule has 0 aromatic heterocycles. The first-order valence-corrected chi connectivity index (χ1v) is 8.02. The fraction of sp³-hybridized carbons (Fsp3) is 0.316. The molecular weight excluding hydrogens is 272 g/mol. The summed E-state index contributed by atoms with van der Waals surface area (Å²) in [4.78, 5) is 15.6. The van der Waals surface area contributed by atoms with Crippen LogP contribution < -0.4 is 5.32 Å². The van der Waals surface area contributed by atoms with Crippen LogP contribution in [0.2, 0.25) is 0 Å². The molecule has 0 saturated carbocycles. The Morgan fingerprint density at radius 2 is 1.82 bits per heavy atom. The number of hydrogen-bond acceptors (Lipinski definition) is 2. The lowest BCUT2D eigenvalue weighted by molar-refractivity contribution is -0.124. The van der Waals surface area contributed by atoms with Crippen LogP contribution in [0.4, 0.5) is 5.69 Å². The van der Waals surface area contributed by atoms with E-state index >= 15 is 0 Å². The minimum Gasteiger partial charge on any atom is -0.325 e. The Morgan fingerprint density at radius 1 is 1.05 bits per heavy atom. The Labute approximate surface area is 129 Å². The highest BCUT2D eigenvalue weighted by molar-refractivity contribution is 6.07. The number of anilines is 1. The average Bonchev–Trinajstić information content (AvgIpc) is 3.22. The van der Waals surface area contributed by atoms with Gasteiger partial charge in [-0.15, -0.1) is 0 Å². The van der Waals surface area contributed by atoms with Crippen LogP contribution in [0.1, 0.15) is 23.6 Å². The zero-order valence-corrected chi connectivity index (χ0v) is 12.3. The number of carbonyl (C=O) groups is 1. The summed E-state index contributed by atoms with van der Waals surface area (Å²) in [5, 5.41) is 3.15. The Hall–Kier alpha value is -2.13. The normalized spacial score (nSPS) is 34.9. The zero-order chi connectivity index (χ0) is 14.7. The predicted octanol–water partition coefficient (Wildman–Crippen LogP) is 2.95. The molecule has 5 rings (SSSR count). The van der Waals surface area contributed by atoms with Gasteiger partial charge in [-0.05, 0) is 36.1 Å². The Kier molecular flexibility index (Phi) is 2.37. The van der Waals surface area contributed by atoms with Gasteiger partial charge in [0.25, 0.3) is 0 Å². The minimum absolute atomic E-state index is 0.163. The van der Waals surface area contributed by atoms with Gasteiger partial charge in [0, 0.05) is 12.2 Å². The van der Waals surface area contributed by atoms with Gasteiger partial charge in [-0.1, -0.05) is 48.5 Å². The number of carbonyl (C=O) groups excluding carboxylic acids is 1. The van der Waals surface area contributed by atoms with Gasteiger partial charge in [-0.2, -0.15) is 0 Å². The topological polar surface area (TPSA) is 32.3 Å². The molecule has 3 aliphatic heterocycles. The fourth-order valence-electron chi connectivity index (χ4n) is 4.99. The van der Waals surface area contributed by atoms with Crippen LogP contribution in [0, 0.1) is 5.92 Å². The van der Waals surface area contributed by atoms with Crippen molar-refractivity contribution >= 4 is 11.6 Å². The standard InChI is InChI=1S/C19H18N2O/c22-18-19(15-8-4-5-9-16(15)20-18)14-10-11-21(12-14)17(19)13-6-2-1-3-7-13/h1-9,14,17H,10-12H2,(H,20,22)/t14?,17-,19?/m0/s1. The van der Waals surface area contributed by atoms with Crippen molar-refractivity contribution in [2.75, 3.05) is 18.4 Å². The van der Waals surface area contributed by atoms with Crippen molar-refractivity contribution in [1.29, 1.82) is 0 Å². The number of nitrogens with zero attached hydrogens (tertiary/aromatic N) is 1. The molecule has 2 saturated heterocycles. The molecule has 3 heterocycles. The molecule has 1 spiro atoms. The molecular formula is C19H18N2O. The van der Waals surface area contributed by atoms with Crippen LogP contribution in [0.25, 0.3) is 0 Å². The van der Waals surface area contributed by atoms with Gasteiger partial charge in [-0.3, -0.25) is 9.69 Å². The summed E-state index contributed by atoms with van der Waals surface area (Å²) in [6.07, 6.45) is 1.12. The molecule has 3 nitrogen and oxygen atoms in total. The summed E-state index contributed by atoms with van der Waals surface area (Å²) in [7, 11) is 0. The smallest absolute Gasteiger partial charge is 0.237 e. The summed E-state index contributed by atoms with van der Waals surface area (Å²) >= 11 is 0. The summed E-state index contributed by atoms with van der Waals surface area (Å²) in [5.74, 6) is 0.608. The summed E-state index contributed by atoms with van der Waals surface area (Å²) in [6, 6.07) is 18.9. The van der Waals surface area contributed by atoms with Gasteiger partial charge in [0.1, 0.15) is 5.41 Å². The quantitative estimate of drug-likeness (QED) is 0.876. The van der Waals surface area contributed by atoms with Crippen molar-refractivity contribution in [1.82, 2.24) is 4.90 Å². The van der Waals surface area contributed by atoms with Gasteiger partial charge in [0.2, 0.25) is 5.91 Å². The van der Waals surface area contributed by atoms with Crippen LogP contribution in [-0.2, 0) is 10.2 Å². The molecule has 0 aliphatic carbocycles. The van der Waals surface area contributed by atoms with E-state index in [1.807, 2.05) is 18.2 Å². The second-order valence-corrected chi connectivity index (χ2v) is 6.66. The van der Waals surface area contributed by atoms with Gasteiger partial charge in [-0.25, -0.2) is 0 Å². The molecule has 2 fully saturated rings. The number of rotatable bonds is 1. The maximum absolute atomic E-state index is 13.1. The third-order valence-corrected chi connectivity index (χ3v) is 5.77. The Bertz CT molecular complexity index is 757. The predicted molar refractivity (Wildman–Crippen MR) is 85.6 cm³/mol. The Balaban J connectivity index is 1.77. The van der Waals surface area contributed by atoms with Crippen LogP contribution in [0.15, 0.2) is 54.6 Å². The van der Waals surface area contributed by atoms with Crippen LogP contribution >= 0.6 is 0 Å². The van der Waals surface area contributed by atoms with Crippen LogP contribution in [0.5, 0.6) is 0 Å². The second kappa shape index (κ2) is 4.20. The van der Waals surface area contributed by atoms with E-state index in [4.69, 9.17) is 0 Å². The molecule has 1 N–H and O–H groups in total. The lowest BCUT2D eigenvalue weighted by atomic mass is 9.65. The van der Waals surface area contributed by atoms with Crippen molar-refractivity contribution in [2.45, 2.75) is 17.9 Å². The highest BCUT2D eigenvalue weighted by Crippen LogP contribution is 2.60. The van der Waals surface area contributed by atoms with Gasteiger partial charge < -0.3 is 5.32 Å². The minimum atomic E-state index is -0.407. The largest absolute Gasteiger partial charge is 0.325 e. The third-order valence-electron chi connectivity index (χ3n) is 5.77. The first kappa shape index (κ1) is 12.4. The Morgan fingerprint density at radius 3 is 2.68 bits per heavy atom. The van der Waals surface area contributed by atoms with Gasteiger partial charge in [0.15, 0.2) is 0 Å². The van der Waals surface area contributed by atoms with E-state index in [2.05, 4.69) is 46.6 Å². The van der Waals surface area contributed by atoms with Crippen molar-refractivity contribution in [2.24, 2.45) is 5.92 Å². The number of nitrogens with one attached hydrogen (secondary N) is 1. The lowest BCUT2D eigenvalue weighted by Gasteiger charge is -2.40. The van der Waals surface area contributed by atoms with Crippen molar-refractivity contribution < 1.29 is 4.79 Å². The first-order chi connectivity index (χ1) is 10.8. The van der Waals surface area contributed by atoms with Crippen molar-refractivity contribution in [3.63, 3.8) is 0 Å². The summed E-state index contributed by atoms with van der Waals surface area (Å²) in [6.45, 7) is 2.13. The SMILES string of the molecule is O=C1Nc2ccccc2C12C1CCN(C1)[C@H]2c1ccccc1. The molecule has 3 unspecified atom stereocenters. The number of para-hydroxylation sites is 1. The molecule has 3 heteroatoms. The number of amides is 1. The fourth-order valence-corrected chi connectivity index (χ4v) is 4.99.